The Hall–Kier alpha value is -0.680. The van der Waals surface area contributed by atoms with Gasteiger partial charge in [0.15, 0.2) is 0 Å². The molecule has 6 heteroatoms. The highest BCUT2D eigenvalue weighted by atomic mass is 35.5. The Labute approximate surface area is 122 Å². The molecule has 0 N–H and O–H groups in total. The predicted molar refractivity (Wildman–Crippen MR) is 77.4 cm³/mol. The van der Waals surface area contributed by atoms with E-state index in [9.17, 15) is 4.79 Å². The average molecular weight is 303 g/mol. The summed E-state index contributed by atoms with van der Waals surface area (Å²) in [6, 6.07) is 0. The van der Waals surface area contributed by atoms with Crippen LogP contribution in [-0.2, 0) is 22.3 Å². The molecule has 19 heavy (non-hydrogen) atoms. The van der Waals surface area contributed by atoms with E-state index >= 15 is 0 Å². The first kappa shape index (κ1) is 14.7. The number of aromatic nitrogens is 2. The molecule has 4 nitrogen and oxygen atoms in total. The average Bonchev–Trinajstić information content (AvgIpc) is 3.08. The van der Waals surface area contributed by atoms with Crippen molar-refractivity contribution < 1.29 is 9.53 Å². The number of aryl methyl sites for hydroxylation is 2. The summed E-state index contributed by atoms with van der Waals surface area (Å²) in [6.45, 7) is 1.91. The molecule has 0 atom stereocenters. The van der Waals surface area contributed by atoms with Crippen LogP contribution in [0.3, 0.4) is 0 Å². The van der Waals surface area contributed by atoms with Crippen molar-refractivity contribution in [3.63, 3.8) is 0 Å². The highest BCUT2D eigenvalue weighted by Gasteiger charge is 2.44. The van der Waals surface area contributed by atoms with Crippen molar-refractivity contribution in [1.29, 1.82) is 0 Å². The van der Waals surface area contributed by atoms with Gasteiger partial charge in [0.05, 0.1) is 29.9 Å². The van der Waals surface area contributed by atoms with Crippen molar-refractivity contribution in [2.75, 3.05) is 12.9 Å². The molecule has 0 aliphatic heterocycles. The number of hydrogen-bond donors (Lipinski definition) is 0. The van der Waals surface area contributed by atoms with Gasteiger partial charge in [-0.1, -0.05) is 11.6 Å². The zero-order valence-electron chi connectivity index (χ0n) is 11.5. The van der Waals surface area contributed by atoms with Crippen molar-refractivity contribution in [1.82, 2.24) is 9.78 Å². The molecule has 1 heterocycles. The zero-order valence-corrected chi connectivity index (χ0v) is 13.1. The van der Waals surface area contributed by atoms with Crippen LogP contribution in [0.25, 0.3) is 0 Å². The van der Waals surface area contributed by atoms with Crippen LogP contribution in [-0.4, -0.2) is 28.6 Å². The maximum atomic E-state index is 11.3. The van der Waals surface area contributed by atoms with Gasteiger partial charge in [0.1, 0.15) is 0 Å². The number of methoxy groups -OCH3 is 1. The molecule has 1 aliphatic carbocycles. The van der Waals surface area contributed by atoms with Gasteiger partial charge in [-0.05, 0) is 30.9 Å². The first-order valence-corrected chi connectivity index (χ1v) is 7.83. The third kappa shape index (κ3) is 3.45. The van der Waals surface area contributed by atoms with Crippen molar-refractivity contribution >= 4 is 29.3 Å². The molecule has 106 valence electrons. The lowest BCUT2D eigenvalue weighted by atomic mass is 10.1. The molecule has 1 aromatic rings. The Kier molecular flexibility index (Phi) is 4.46. The Balaban J connectivity index is 1.85. The van der Waals surface area contributed by atoms with Crippen LogP contribution in [0.4, 0.5) is 0 Å². The second-order valence-electron chi connectivity index (χ2n) is 5.22. The molecule has 2 rings (SSSR count). The zero-order chi connectivity index (χ0) is 14.0. The third-order valence-electron chi connectivity index (χ3n) is 3.61. The number of thioether (sulfide) groups is 1. The molecule has 1 aliphatic rings. The van der Waals surface area contributed by atoms with Gasteiger partial charge in [0, 0.05) is 12.8 Å². The highest BCUT2D eigenvalue weighted by molar-refractivity contribution is 7.98. The van der Waals surface area contributed by atoms with E-state index in [2.05, 4.69) is 5.10 Å². The second kappa shape index (κ2) is 5.75. The maximum absolute atomic E-state index is 11.3. The van der Waals surface area contributed by atoms with Gasteiger partial charge in [-0.2, -0.15) is 16.9 Å². The fourth-order valence-electron chi connectivity index (χ4n) is 2.13. The molecular weight excluding hydrogens is 284 g/mol. The summed E-state index contributed by atoms with van der Waals surface area (Å²) in [7, 11) is 3.36. The number of ether oxygens (including phenoxy) is 1. The molecule has 0 unspecified atom stereocenters. The summed E-state index contributed by atoms with van der Waals surface area (Å²) < 4.78 is 6.59. The van der Waals surface area contributed by atoms with E-state index in [0.29, 0.717) is 6.42 Å². The summed E-state index contributed by atoms with van der Waals surface area (Å²) >= 11 is 8.03. The Morgan fingerprint density at radius 1 is 1.58 bits per heavy atom. The van der Waals surface area contributed by atoms with Crippen molar-refractivity contribution in [3.05, 3.63) is 16.4 Å². The van der Waals surface area contributed by atoms with E-state index in [0.717, 1.165) is 40.8 Å². The van der Waals surface area contributed by atoms with Gasteiger partial charge in [-0.25, -0.2) is 0 Å². The van der Waals surface area contributed by atoms with Gasteiger partial charge in [-0.3, -0.25) is 9.48 Å². The smallest absolute Gasteiger partial charge is 0.306 e. The maximum Gasteiger partial charge on any atom is 0.306 e. The molecule has 1 saturated carbocycles. The van der Waals surface area contributed by atoms with E-state index in [1.54, 1.807) is 0 Å². The third-order valence-corrected chi connectivity index (χ3v) is 5.40. The van der Waals surface area contributed by atoms with Crippen LogP contribution < -0.4 is 0 Å². The summed E-state index contributed by atoms with van der Waals surface area (Å²) in [4.78, 5) is 11.3. The highest BCUT2D eigenvalue weighted by Crippen LogP contribution is 2.51. The van der Waals surface area contributed by atoms with Crippen LogP contribution in [0.2, 0.25) is 5.02 Å². The quantitative estimate of drug-likeness (QED) is 0.758. The molecule has 0 saturated heterocycles. The number of esters is 1. The monoisotopic (exact) mass is 302 g/mol. The van der Waals surface area contributed by atoms with Gasteiger partial charge < -0.3 is 4.74 Å². The minimum Gasteiger partial charge on any atom is -0.469 e. The summed E-state index contributed by atoms with van der Waals surface area (Å²) in [5.74, 6) is 1.70. The van der Waals surface area contributed by atoms with E-state index in [1.807, 2.05) is 30.4 Å². The van der Waals surface area contributed by atoms with Gasteiger partial charge in [-0.15, -0.1) is 0 Å². The number of halogens is 1. The molecule has 0 aromatic carbocycles. The number of hydrogen-bond acceptors (Lipinski definition) is 4. The van der Waals surface area contributed by atoms with Crippen molar-refractivity contribution in [2.45, 2.75) is 31.9 Å². The topological polar surface area (TPSA) is 44.1 Å². The molecule has 0 bridgehead atoms. The first-order chi connectivity index (χ1) is 8.97. The Morgan fingerprint density at radius 2 is 2.26 bits per heavy atom. The molecule has 0 radical (unpaired) electrons. The first-order valence-electron chi connectivity index (χ1n) is 6.30. The van der Waals surface area contributed by atoms with Gasteiger partial charge in [0.2, 0.25) is 0 Å². The number of carbonyl (C=O) groups excluding carboxylic acids is 1. The van der Waals surface area contributed by atoms with Crippen LogP contribution in [0.5, 0.6) is 0 Å². The standard InChI is InChI=1S/C13H19ClN2O2S/c1-9-12(14)10(16(2)15-9)7-19-8-13(4-5-13)6-11(17)18-3/h4-8H2,1-3H3. The lowest BCUT2D eigenvalue weighted by molar-refractivity contribution is -0.141. The van der Waals surface area contributed by atoms with Gasteiger partial charge >= 0.3 is 5.97 Å². The van der Waals surface area contributed by atoms with E-state index in [1.165, 1.54) is 7.11 Å². The minimum atomic E-state index is -0.104. The molecule has 1 aromatic heterocycles. The number of nitrogens with zero attached hydrogens (tertiary/aromatic N) is 2. The number of carbonyl (C=O) groups is 1. The SMILES string of the molecule is COC(=O)CC1(CSCc2c(Cl)c(C)nn2C)CC1. The fourth-order valence-corrected chi connectivity index (χ4v) is 3.88. The molecule has 1 fully saturated rings. The fraction of sp³-hybridized carbons (Fsp3) is 0.692. The van der Waals surface area contributed by atoms with Crippen LogP contribution in [0.15, 0.2) is 0 Å². The second-order valence-corrected chi connectivity index (χ2v) is 6.58. The predicted octanol–water partition coefficient (Wildman–Crippen LogP) is 2.96. The summed E-state index contributed by atoms with van der Waals surface area (Å²) in [5, 5.41) is 5.06. The molecule has 0 amide bonds. The van der Waals surface area contributed by atoms with E-state index < -0.39 is 0 Å². The van der Waals surface area contributed by atoms with Gasteiger partial charge in [0.25, 0.3) is 0 Å². The van der Waals surface area contributed by atoms with Crippen LogP contribution in [0.1, 0.15) is 30.7 Å². The Morgan fingerprint density at radius 3 is 2.74 bits per heavy atom. The largest absolute Gasteiger partial charge is 0.469 e. The lowest BCUT2D eigenvalue weighted by Gasteiger charge is -2.13. The minimum absolute atomic E-state index is 0.104. The normalized spacial score (nSPS) is 16.4. The summed E-state index contributed by atoms with van der Waals surface area (Å²) in [6.07, 6.45) is 2.77. The lowest BCUT2D eigenvalue weighted by Crippen LogP contribution is -2.13. The molecule has 0 spiro atoms. The number of rotatable bonds is 6. The molecular formula is C13H19ClN2O2S. The Bertz CT molecular complexity index is 483. The summed E-state index contributed by atoms with van der Waals surface area (Å²) in [5.41, 5.74) is 2.09. The van der Waals surface area contributed by atoms with Crippen LogP contribution >= 0.6 is 23.4 Å². The van der Waals surface area contributed by atoms with Crippen LogP contribution in [0, 0.1) is 12.3 Å². The van der Waals surface area contributed by atoms with Crippen molar-refractivity contribution in [2.24, 2.45) is 12.5 Å². The van der Waals surface area contributed by atoms with Crippen molar-refractivity contribution in [3.8, 4) is 0 Å². The van der Waals surface area contributed by atoms with E-state index in [4.69, 9.17) is 16.3 Å². The van der Waals surface area contributed by atoms with E-state index in [-0.39, 0.29) is 11.4 Å².